The van der Waals surface area contributed by atoms with E-state index < -0.39 is 11.9 Å². The highest BCUT2D eigenvalue weighted by atomic mass is 16.6. The lowest BCUT2D eigenvalue weighted by Crippen LogP contribution is -2.36. The summed E-state index contributed by atoms with van der Waals surface area (Å²) < 4.78 is 32.8. The number of aryl methyl sites for hydroxylation is 1. The molecule has 0 spiro atoms. The number of carbonyl (C=O) groups is 3. The molecule has 0 bridgehead atoms. The van der Waals surface area contributed by atoms with E-state index in [-0.39, 0.29) is 45.4 Å². The topological polar surface area (TPSA) is 110 Å². The number of nitrogens with zero attached hydrogens (tertiary/aromatic N) is 1. The van der Waals surface area contributed by atoms with Gasteiger partial charge in [-0.3, -0.25) is 9.59 Å². The Morgan fingerprint density at radius 3 is 1.62 bits per heavy atom. The van der Waals surface area contributed by atoms with Crippen molar-refractivity contribution in [3.05, 3.63) is 28.8 Å². The number of hydrogen-bond acceptors (Lipinski definition) is 9. The molecule has 1 amide bonds. The Balaban J connectivity index is 1.43. The Morgan fingerprint density at radius 1 is 0.566 bits per heavy atom. The molecule has 1 fully saturated rings. The number of unbranched alkanes of at least 4 members (excludes halogenated alkanes) is 15. The molecule has 0 aromatic heterocycles. The number of rotatable bonds is 32. The predicted octanol–water partition coefficient (Wildman–Crippen LogP) is 9.97. The van der Waals surface area contributed by atoms with E-state index in [1.54, 1.807) is 4.90 Å². The van der Waals surface area contributed by atoms with E-state index in [9.17, 15) is 14.4 Å². The second kappa shape index (κ2) is 31.5. The van der Waals surface area contributed by atoms with Crippen molar-refractivity contribution >= 4 is 18.0 Å². The molecule has 0 saturated carbocycles. The lowest BCUT2D eigenvalue weighted by molar-refractivity contribution is -0.151. The van der Waals surface area contributed by atoms with Crippen molar-refractivity contribution in [2.24, 2.45) is 0 Å². The van der Waals surface area contributed by atoms with Gasteiger partial charge in [-0.15, -0.1) is 0 Å². The number of hydrogen-bond donors (Lipinski definition) is 0. The van der Waals surface area contributed by atoms with Crippen LogP contribution in [0.3, 0.4) is 0 Å². The zero-order valence-corrected chi connectivity index (χ0v) is 33.7. The lowest BCUT2D eigenvalue weighted by Gasteiger charge is -2.25. The van der Waals surface area contributed by atoms with Crippen molar-refractivity contribution < 1.29 is 42.8 Å². The molecule has 10 nitrogen and oxygen atoms in total. The Bertz CT molecular complexity index is 1110. The van der Waals surface area contributed by atoms with Gasteiger partial charge in [0.15, 0.2) is 0 Å². The van der Waals surface area contributed by atoms with Gasteiger partial charge in [-0.25, -0.2) is 4.79 Å². The van der Waals surface area contributed by atoms with Gasteiger partial charge in [0.05, 0.1) is 45.9 Å². The summed E-state index contributed by atoms with van der Waals surface area (Å²) in [5.41, 5.74) is 3.05. The van der Waals surface area contributed by atoms with Crippen LogP contribution < -0.4 is 4.74 Å². The predicted molar refractivity (Wildman–Crippen MR) is 209 cm³/mol. The highest BCUT2D eigenvalue weighted by Gasteiger charge is 2.17. The van der Waals surface area contributed by atoms with Crippen LogP contribution >= 0.6 is 0 Å². The van der Waals surface area contributed by atoms with Gasteiger partial charge in [0.1, 0.15) is 25.6 Å². The van der Waals surface area contributed by atoms with E-state index >= 15 is 0 Å². The summed E-state index contributed by atoms with van der Waals surface area (Å²) in [6.07, 6.45) is 24.3. The maximum absolute atomic E-state index is 12.3. The molecule has 0 N–H and O–H groups in total. The third-order valence-electron chi connectivity index (χ3n) is 9.80. The van der Waals surface area contributed by atoms with Crippen molar-refractivity contribution in [3.8, 4) is 5.75 Å². The zero-order valence-electron chi connectivity index (χ0n) is 33.7. The van der Waals surface area contributed by atoms with Crippen LogP contribution in [0.4, 0.5) is 4.79 Å². The first kappa shape index (κ1) is 46.3. The molecule has 0 radical (unpaired) electrons. The van der Waals surface area contributed by atoms with E-state index in [0.717, 1.165) is 61.2 Å². The fraction of sp³-hybridized carbons (Fsp3) is 0.791. The average Bonchev–Trinajstić information content (AvgIpc) is 3.16. The van der Waals surface area contributed by atoms with E-state index in [4.69, 9.17) is 28.4 Å². The van der Waals surface area contributed by atoms with Gasteiger partial charge in [-0.1, -0.05) is 109 Å². The normalized spacial score (nSPS) is 12.8. The molecule has 0 unspecified atom stereocenters. The molecule has 53 heavy (non-hydrogen) atoms. The third kappa shape index (κ3) is 24.2. The number of likely N-dealkylation sites (tertiary alicyclic amines) is 1. The van der Waals surface area contributed by atoms with E-state index in [0.29, 0.717) is 26.4 Å². The number of amides is 1. The first-order chi connectivity index (χ1) is 25.9. The van der Waals surface area contributed by atoms with Gasteiger partial charge >= 0.3 is 18.0 Å². The Hall–Kier alpha value is -2.85. The summed E-state index contributed by atoms with van der Waals surface area (Å²) in [4.78, 5) is 38.0. The molecular formula is C43H73NO9. The van der Waals surface area contributed by atoms with Gasteiger partial charge in [0.2, 0.25) is 0 Å². The molecule has 1 aliphatic rings. The van der Waals surface area contributed by atoms with Crippen LogP contribution in [0, 0.1) is 13.8 Å². The zero-order chi connectivity index (χ0) is 38.2. The summed E-state index contributed by atoms with van der Waals surface area (Å²) >= 11 is 0. The lowest BCUT2D eigenvalue weighted by atomic mass is 10.0. The standard InChI is InChI=1S/C43H73NO9/c1-4-5-6-7-8-9-10-11-12-13-14-15-16-17-18-22-27-50-40-35-39(34-37(2)38(40)3)36-53-42(46)24-23-41(45)51-32-30-48-28-29-49-31-33-52-43(47)44-25-20-19-21-26-44/h34-35H,4-33,36H2,1-3H3. The largest absolute Gasteiger partial charge is 0.493 e. The maximum atomic E-state index is 12.3. The molecule has 10 heteroatoms. The highest BCUT2D eigenvalue weighted by molar-refractivity contribution is 5.77. The second-order valence-electron chi connectivity index (χ2n) is 14.5. The molecule has 0 aliphatic carbocycles. The van der Waals surface area contributed by atoms with Crippen LogP contribution in [0.1, 0.15) is 158 Å². The molecule has 1 aromatic rings. The minimum absolute atomic E-state index is 0.0523. The summed E-state index contributed by atoms with van der Waals surface area (Å²) in [5, 5.41) is 0. The molecule has 2 rings (SSSR count). The van der Waals surface area contributed by atoms with Gasteiger partial charge in [-0.2, -0.15) is 0 Å². The SMILES string of the molecule is CCCCCCCCCCCCCCCCCCOc1cc(COC(=O)CCC(=O)OCCOCCOCCOC(=O)N2CCCCC2)cc(C)c1C. The number of ether oxygens (including phenoxy) is 6. The summed E-state index contributed by atoms with van der Waals surface area (Å²) in [6.45, 7) is 10.2. The molecule has 1 aliphatic heterocycles. The molecule has 0 atom stereocenters. The fourth-order valence-corrected chi connectivity index (χ4v) is 6.37. The first-order valence-electron chi connectivity index (χ1n) is 21.0. The van der Waals surface area contributed by atoms with E-state index in [2.05, 4.69) is 13.8 Å². The number of piperidine rings is 1. The van der Waals surface area contributed by atoms with Crippen LogP contribution in [0.2, 0.25) is 0 Å². The van der Waals surface area contributed by atoms with Crippen LogP contribution in [-0.2, 0) is 39.9 Å². The van der Waals surface area contributed by atoms with Gasteiger partial charge in [-0.05, 0) is 62.3 Å². The van der Waals surface area contributed by atoms with Crippen molar-refractivity contribution in [1.29, 1.82) is 0 Å². The van der Waals surface area contributed by atoms with Gasteiger partial charge in [0.25, 0.3) is 0 Å². The quantitative estimate of drug-likeness (QED) is 0.0404. The van der Waals surface area contributed by atoms with E-state index in [1.807, 2.05) is 19.1 Å². The Kier molecular flexibility index (Phi) is 27.5. The highest BCUT2D eigenvalue weighted by Crippen LogP contribution is 2.25. The van der Waals surface area contributed by atoms with Crippen LogP contribution in [0.25, 0.3) is 0 Å². The fourth-order valence-electron chi connectivity index (χ4n) is 6.37. The van der Waals surface area contributed by atoms with Crippen molar-refractivity contribution in [2.45, 2.75) is 162 Å². The second-order valence-corrected chi connectivity index (χ2v) is 14.5. The maximum Gasteiger partial charge on any atom is 0.409 e. The molecule has 1 saturated heterocycles. The Labute approximate surface area is 321 Å². The number of carbonyl (C=O) groups excluding carboxylic acids is 3. The monoisotopic (exact) mass is 748 g/mol. The van der Waals surface area contributed by atoms with Gasteiger partial charge < -0.3 is 33.3 Å². The van der Waals surface area contributed by atoms with Crippen molar-refractivity contribution in [1.82, 2.24) is 4.90 Å². The van der Waals surface area contributed by atoms with Crippen molar-refractivity contribution in [2.75, 3.05) is 59.3 Å². The third-order valence-corrected chi connectivity index (χ3v) is 9.80. The smallest absolute Gasteiger partial charge is 0.409 e. The average molecular weight is 748 g/mol. The molecular weight excluding hydrogens is 674 g/mol. The van der Waals surface area contributed by atoms with Crippen LogP contribution in [0.5, 0.6) is 5.75 Å². The molecule has 304 valence electrons. The van der Waals surface area contributed by atoms with E-state index in [1.165, 1.54) is 96.3 Å². The van der Waals surface area contributed by atoms with Gasteiger partial charge in [0, 0.05) is 13.1 Å². The summed E-state index contributed by atoms with van der Waals surface area (Å²) in [5.74, 6) is -0.0952. The molecule has 1 aromatic carbocycles. The summed E-state index contributed by atoms with van der Waals surface area (Å²) in [6, 6.07) is 3.96. The Morgan fingerprint density at radius 2 is 1.06 bits per heavy atom. The first-order valence-corrected chi connectivity index (χ1v) is 21.0. The summed E-state index contributed by atoms with van der Waals surface area (Å²) in [7, 11) is 0. The van der Waals surface area contributed by atoms with Crippen molar-refractivity contribution in [3.63, 3.8) is 0 Å². The minimum atomic E-state index is -0.478. The van der Waals surface area contributed by atoms with Crippen LogP contribution in [-0.4, -0.2) is 82.3 Å². The minimum Gasteiger partial charge on any atom is -0.493 e. The number of esters is 2. The number of benzene rings is 1. The molecule has 1 heterocycles. The van der Waals surface area contributed by atoms with Crippen LogP contribution in [0.15, 0.2) is 12.1 Å².